The number of hydrogen-bond acceptors (Lipinski definition) is 3. The Morgan fingerprint density at radius 3 is 2.92 bits per heavy atom. The molecule has 0 radical (unpaired) electrons. The van der Waals surface area contributed by atoms with E-state index < -0.39 is 0 Å². The quantitative estimate of drug-likeness (QED) is 0.575. The topological polar surface area (TPSA) is 58.7 Å². The van der Waals surface area contributed by atoms with Crippen LogP contribution in [0.2, 0.25) is 0 Å². The number of epoxide rings is 1. The molecule has 0 bridgehead atoms. The molecule has 0 aromatic heterocycles. The maximum atomic E-state index is 11.4. The molecule has 4 nitrogen and oxygen atoms in total. The molecule has 3 rings (SSSR count). The molecule has 1 aliphatic heterocycles. The number of rotatable bonds is 2. The van der Waals surface area contributed by atoms with Gasteiger partial charge in [-0.15, -0.1) is 0 Å². The molecular formula is C9H11NO3. The van der Waals surface area contributed by atoms with Crippen LogP contribution in [0.15, 0.2) is 0 Å². The van der Waals surface area contributed by atoms with Gasteiger partial charge >= 0.3 is 0 Å². The summed E-state index contributed by atoms with van der Waals surface area (Å²) in [4.78, 5) is 22.5. The van der Waals surface area contributed by atoms with Crippen LogP contribution in [0.3, 0.4) is 0 Å². The van der Waals surface area contributed by atoms with Crippen LogP contribution >= 0.6 is 0 Å². The van der Waals surface area contributed by atoms with Gasteiger partial charge in [-0.2, -0.15) is 0 Å². The van der Waals surface area contributed by atoms with Crippen molar-refractivity contribution in [3.8, 4) is 0 Å². The fourth-order valence-corrected chi connectivity index (χ4v) is 2.66. The first-order valence-electron chi connectivity index (χ1n) is 4.64. The smallest absolute Gasteiger partial charge is 0.220 e. The van der Waals surface area contributed by atoms with Crippen molar-refractivity contribution in [3.63, 3.8) is 0 Å². The van der Waals surface area contributed by atoms with E-state index in [0.717, 1.165) is 0 Å². The highest BCUT2D eigenvalue weighted by Gasteiger charge is 2.75. The highest BCUT2D eigenvalue weighted by molar-refractivity contribution is 5.96. The van der Waals surface area contributed by atoms with Crippen molar-refractivity contribution < 1.29 is 14.3 Å². The van der Waals surface area contributed by atoms with Gasteiger partial charge < -0.3 is 10.1 Å². The van der Waals surface area contributed by atoms with Crippen molar-refractivity contribution in [2.45, 2.75) is 18.6 Å². The largest absolute Gasteiger partial charge is 0.361 e. The van der Waals surface area contributed by atoms with Crippen LogP contribution in [0, 0.1) is 17.8 Å². The molecule has 0 aromatic carbocycles. The maximum Gasteiger partial charge on any atom is 0.220 e. The molecule has 0 spiro atoms. The van der Waals surface area contributed by atoms with Crippen molar-refractivity contribution >= 4 is 11.7 Å². The Morgan fingerprint density at radius 1 is 1.62 bits per heavy atom. The fraction of sp³-hybridized carbons (Fsp3) is 0.778. The number of Topliss-reactive ketones (excluding diaryl/α,β-unsaturated/α-hetero) is 1. The lowest BCUT2D eigenvalue weighted by molar-refractivity contribution is -0.122. The average molecular weight is 181 g/mol. The van der Waals surface area contributed by atoms with E-state index in [1.807, 2.05) is 0 Å². The summed E-state index contributed by atoms with van der Waals surface area (Å²) in [6.07, 6.45) is 0.576. The third kappa shape index (κ3) is 0.839. The van der Waals surface area contributed by atoms with Gasteiger partial charge in [-0.1, -0.05) is 0 Å². The Kier molecular flexibility index (Phi) is 1.22. The van der Waals surface area contributed by atoms with Gasteiger partial charge in [0.2, 0.25) is 5.91 Å². The van der Waals surface area contributed by atoms with Crippen LogP contribution in [-0.4, -0.2) is 30.9 Å². The van der Waals surface area contributed by atoms with Gasteiger partial charge in [-0.25, -0.2) is 0 Å². The molecule has 3 fully saturated rings. The Morgan fingerprint density at radius 2 is 2.38 bits per heavy atom. The molecule has 1 heterocycles. The third-order valence-electron chi connectivity index (χ3n) is 3.44. The number of amides is 1. The summed E-state index contributed by atoms with van der Waals surface area (Å²) in [7, 11) is 1.62. The molecule has 2 saturated carbocycles. The molecule has 70 valence electrons. The summed E-state index contributed by atoms with van der Waals surface area (Å²) in [6.45, 7) is 0. The molecule has 13 heavy (non-hydrogen) atoms. The van der Waals surface area contributed by atoms with E-state index in [4.69, 9.17) is 4.74 Å². The zero-order valence-electron chi connectivity index (χ0n) is 7.32. The summed E-state index contributed by atoms with van der Waals surface area (Å²) in [5.74, 6) is 1.07. The van der Waals surface area contributed by atoms with Crippen molar-refractivity contribution in [1.82, 2.24) is 5.32 Å². The monoisotopic (exact) mass is 181 g/mol. The zero-order valence-corrected chi connectivity index (χ0v) is 7.32. The second-order valence-corrected chi connectivity index (χ2v) is 4.07. The molecule has 1 saturated heterocycles. The molecular weight excluding hydrogens is 170 g/mol. The van der Waals surface area contributed by atoms with Crippen LogP contribution in [0.1, 0.15) is 6.42 Å². The number of hydrogen-bond donors (Lipinski definition) is 1. The molecule has 4 heteroatoms. The number of ether oxygens (including phenoxy) is 1. The molecule has 3 aliphatic rings. The summed E-state index contributed by atoms with van der Waals surface area (Å²) in [6, 6.07) is 0. The van der Waals surface area contributed by atoms with E-state index in [1.54, 1.807) is 7.05 Å². The van der Waals surface area contributed by atoms with Gasteiger partial charge in [0.25, 0.3) is 0 Å². The lowest BCUT2D eigenvalue weighted by Gasteiger charge is -1.98. The number of carbonyl (C=O) groups is 2. The van der Waals surface area contributed by atoms with E-state index in [2.05, 4.69) is 5.32 Å². The minimum absolute atomic E-state index is 0.0319. The Balaban J connectivity index is 1.66. The lowest BCUT2D eigenvalue weighted by Crippen LogP contribution is -2.20. The Hall–Kier alpha value is -0.900. The van der Waals surface area contributed by atoms with Crippen LogP contribution < -0.4 is 5.32 Å². The second-order valence-electron chi connectivity index (χ2n) is 4.07. The Labute approximate surface area is 75.6 Å². The molecule has 5 atom stereocenters. The van der Waals surface area contributed by atoms with Crippen LogP contribution in [0.25, 0.3) is 0 Å². The fourth-order valence-electron chi connectivity index (χ4n) is 2.66. The number of ketones is 1. The zero-order chi connectivity index (χ0) is 9.16. The number of carbonyl (C=O) groups excluding carboxylic acids is 2. The van der Waals surface area contributed by atoms with Crippen LogP contribution in [0.5, 0.6) is 0 Å². The highest BCUT2D eigenvalue weighted by atomic mass is 16.6. The number of nitrogens with one attached hydrogen (secondary N) is 1. The molecule has 1 N–H and O–H groups in total. The highest BCUT2D eigenvalue weighted by Crippen LogP contribution is 2.64. The Bertz CT molecular complexity index is 301. The van der Waals surface area contributed by atoms with E-state index in [1.165, 1.54) is 0 Å². The summed E-state index contributed by atoms with van der Waals surface area (Å²) in [5.41, 5.74) is 0. The summed E-state index contributed by atoms with van der Waals surface area (Å²) >= 11 is 0. The van der Waals surface area contributed by atoms with Crippen LogP contribution in [0.4, 0.5) is 0 Å². The second kappa shape index (κ2) is 2.12. The van der Waals surface area contributed by atoms with Gasteiger partial charge in [0.15, 0.2) is 5.78 Å². The first kappa shape index (κ1) is 7.50. The molecule has 5 unspecified atom stereocenters. The lowest BCUT2D eigenvalue weighted by atomic mass is 10.1. The van der Waals surface area contributed by atoms with Crippen molar-refractivity contribution in [2.24, 2.45) is 17.8 Å². The van der Waals surface area contributed by atoms with Gasteiger partial charge in [0.05, 0.1) is 6.10 Å². The van der Waals surface area contributed by atoms with Crippen LogP contribution in [-0.2, 0) is 14.3 Å². The number of fused-ring (bicyclic) bond motifs is 3. The third-order valence-corrected chi connectivity index (χ3v) is 3.44. The van der Waals surface area contributed by atoms with Gasteiger partial charge in [0.1, 0.15) is 6.10 Å². The van der Waals surface area contributed by atoms with Gasteiger partial charge in [-0.3, -0.25) is 9.59 Å². The van der Waals surface area contributed by atoms with E-state index >= 15 is 0 Å². The van der Waals surface area contributed by atoms with Gasteiger partial charge in [-0.05, 0) is 5.92 Å². The van der Waals surface area contributed by atoms with Gasteiger partial charge in [0, 0.05) is 25.3 Å². The van der Waals surface area contributed by atoms with Crippen molar-refractivity contribution in [2.75, 3.05) is 7.05 Å². The van der Waals surface area contributed by atoms with Crippen molar-refractivity contribution in [3.05, 3.63) is 0 Å². The predicted octanol–water partition coefficient (Wildman–Crippen LogP) is -0.665. The first-order chi connectivity index (χ1) is 6.24. The summed E-state index contributed by atoms with van der Waals surface area (Å²) < 4.78 is 5.18. The summed E-state index contributed by atoms with van der Waals surface area (Å²) in [5, 5.41) is 2.58. The SMILES string of the molecule is CNC(=O)CC1C2C(=O)C3OC3C12. The minimum atomic E-state index is -0.0871. The first-order valence-corrected chi connectivity index (χ1v) is 4.64. The van der Waals surface area contributed by atoms with E-state index in [9.17, 15) is 9.59 Å². The average Bonchev–Trinajstić information content (AvgIpc) is 2.94. The minimum Gasteiger partial charge on any atom is -0.361 e. The van der Waals surface area contributed by atoms with Crippen molar-refractivity contribution in [1.29, 1.82) is 0 Å². The predicted molar refractivity (Wildman–Crippen MR) is 42.8 cm³/mol. The standard InChI is InChI=1S/C9H11NO3/c1-10-4(11)2-3-5-6(3)8-9(13-8)7(5)12/h3,5-6,8-9H,2H2,1H3,(H,10,11). The molecule has 2 aliphatic carbocycles. The molecule has 1 amide bonds. The van der Waals surface area contributed by atoms with E-state index in [-0.39, 0.29) is 35.7 Å². The maximum absolute atomic E-state index is 11.4. The van der Waals surface area contributed by atoms with E-state index in [0.29, 0.717) is 12.3 Å². The normalized spacial score (nSPS) is 49.6. The molecule has 0 aromatic rings.